The monoisotopic (exact) mass is 314 g/mol. The first kappa shape index (κ1) is 15.0. The van der Waals surface area contributed by atoms with Crippen LogP contribution in [0.15, 0.2) is 41.3 Å². The van der Waals surface area contributed by atoms with Gasteiger partial charge in [0.15, 0.2) is 0 Å². The van der Waals surface area contributed by atoms with Crippen LogP contribution in [-0.4, -0.2) is 17.5 Å². The minimum absolute atomic E-state index is 0.0819. The number of aromatic amines is 1. The summed E-state index contributed by atoms with van der Waals surface area (Å²) in [5.74, 6) is -0.849. The van der Waals surface area contributed by atoms with E-state index in [4.69, 9.17) is 11.6 Å². The van der Waals surface area contributed by atoms with Gasteiger partial charge in [-0.1, -0.05) is 11.6 Å². The average molecular weight is 315 g/mol. The summed E-state index contributed by atoms with van der Waals surface area (Å²) in [6.07, 6.45) is 1.40. The SMILES string of the molecule is O=C(Nc1ccc(OC(F)F)c(Cl)c1)c1ccc[nH]c1=O. The van der Waals surface area contributed by atoms with Crippen LogP contribution in [0.1, 0.15) is 10.4 Å². The Morgan fingerprint density at radius 3 is 2.71 bits per heavy atom. The summed E-state index contributed by atoms with van der Waals surface area (Å²) in [6.45, 7) is -2.99. The zero-order valence-corrected chi connectivity index (χ0v) is 11.2. The molecule has 0 aliphatic rings. The average Bonchev–Trinajstić information content (AvgIpc) is 2.42. The van der Waals surface area contributed by atoms with Crippen molar-refractivity contribution in [3.63, 3.8) is 0 Å². The third-order valence-corrected chi connectivity index (χ3v) is 2.76. The maximum absolute atomic E-state index is 12.1. The molecule has 2 aromatic rings. The van der Waals surface area contributed by atoms with E-state index in [0.29, 0.717) is 0 Å². The first-order valence-electron chi connectivity index (χ1n) is 5.71. The molecule has 1 aromatic carbocycles. The number of rotatable bonds is 4. The molecule has 0 saturated heterocycles. The molecule has 0 atom stereocenters. The van der Waals surface area contributed by atoms with Crippen LogP contribution in [-0.2, 0) is 0 Å². The van der Waals surface area contributed by atoms with Gasteiger partial charge in [0.05, 0.1) is 5.02 Å². The van der Waals surface area contributed by atoms with Gasteiger partial charge in [-0.3, -0.25) is 9.59 Å². The summed E-state index contributed by atoms with van der Waals surface area (Å²) in [5.41, 5.74) is -0.379. The molecule has 21 heavy (non-hydrogen) atoms. The standard InChI is InChI=1S/C13H9ClF2N2O3/c14-9-6-7(3-4-10(9)21-13(15)16)18-12(20)8-2-1-5-17-11(8)19/h1-6,13H,(H,17,19)(H,18,20). The second-order valence-corrected chi connectivity index (χ2v) is 4.30. The van der Waals surface area contributed by atoms with E-state index in [2.05, 4.69) is 15.0 Å². The first-order chi connectivity index (χ1) is 9.97. The Kier molecular flexibility index (Phi) is 4.54. The molecule has 0 saturated carbocycles. The van der Waals surface area contributed by atoms with Crippen molar-refractivity contribution in [1.82, 2.24) is 4.98 Å². The maximum atomic E-state index is 12.1. The summed E-state index contributed by atoms with van der Waals surface area (Å²) in [7, 11) is 0. The van der Waals surface area contributed by atoms with Crippen LogP contribution < -0.4 is 15.6 Å². The number of benzene rings is 1. The minimum Gasteiger partial charge on any atom is -0.433 e. The molecule has 1 aromatic heterocycles. The van der Waals surface area contributed by atoms with Crippen molar-refractivity contribution in [2.24, 2.45) is 0 Å². The van der Waals surface area contributed by atoms with Crippen LogP contribution in [0.5, 0.6) is 5.75 Å². The highest BCUT2D eigenvalue weighted by Gasteiger charge is 2.12. The van der Waals surface area contributed by atoms with Crippen molar-refractivity contribution in [1.29, 1.82) is 0 Å². The quantitative estimate of drug-likeness (QED) is 0.911. The van der Waals surface area contributed by atoms with Crippen molar-refractivity contribution in [2.75, 3.05) is 5.32 Å². The number of H-pyrrole nitrogens is 1. The first-order valence-corrected chi connectivity index (χ1v) is 6.08. The second-order valence-electron chi connectivity index (χ2n) is 3.89. The van der Waals surface area contributed by atoms with Gasteiger partial charge in [0.25, 0.3) is 11.5 Å². The molecule has 0 radical (unpaired) electrons. The van der Waals surface area contributed by atoms with Gasteiger partial charge in [0.2, 0.25) is 0 Å². The van der Waals surface area contributed by atoms with Crippen LogP contribution in [0.2, 0.25) is 5.02 Å². The van der Waals surface area contributed by atoms with Crippen molar-refractivity contribution in [3.05, 3.63) is 57.5 Å². The predicted molar refractivity (Wildman–Crippen MR) is 73.1 cm³/mol. The van der Waals surface area contributed by atoms with E-state index >= 15 is 0 Å². The molecule has 0 unspecified atom stereocenters. The molecule has 2 rings (SSSR count). The van der Waals surface area contributed by atoms with E-state index < -0.39 is 18.1 Å². The summed E-state index contributed by atoms with van der Waals surface area (Å²) in [5, 5.41) is 2.35. The molecule has 1 amide bonds. The van der Waals surface area contributed by atoms with Gasteiger partial charge in [-0.15, -0.1) is 0 Å². The Labute approximate surface area is 122 Å². The molecule has 2 N–H and O–H groups in total. The molecule has 5 nitrogen and oxygen atoms in total. The van der Waals surface area contributed by atoms with Gasteiger partial charge in [-0.2, -0.15) is 8.78 Å². The predicted octanol–water partition coefficient (Wildman–Crippen LogP) is 2.88. The van der Waals surface area contributed by atoms with Gasteiger partial charge in [0.1, 0.15) is 11.3 Å². The molecule has 0 fully saturated rings. The Bertz CT molecular complexity index is 719. The van der Waals surface area contributed by atoms with E-state index in [1.807, 2.05) is 0 Å². The number of hydrogen-bond donors (Lipinski definition) is 2. The molecule has 8 heteroatoms. The van der Waals surface area contributed by atoms with Crippen LogP contribution in [0.3, 0.4) is 0 Å². The molecule has 0 aliphatic carbocycles. The number of pyridine rings is 1. The third-order valence-electron chi connectivity index (χ3n) is 2.47. The van der Waals surface area contributed by atoms with Crippen LogP contribution in [0, 0.1) is 0 Å². The Hall–Kier alpha value is -2.41. The highest BCUT2D eigenvalue weighted by atomic mass is 35.5. The van der Waals surface area contributed by atoms with Crippen molar-refractivity contribution < 1.29 is 18.3 Å². The van der Waals surface area contributed by atoms with Gasteiger partial charge < -0.3 is 15.0 Å². The molecule has 0 spiro atoms. The van der Waals surface area contributed by atoms with Crippen molar-refractivity contribution in [2.45, 2.75) is 6.61 Å². The zero-order chi connectivity index (χ0) is 15.4. The zero-order valence-electron chi connectivity index (χ0n) is 10.4. The Morgan fingerprint density at radius 1 is 1.33 bits per heavy atom. The van der Waals surface area contributed by atoms with Gasteiger partial charge in [0, 0.05) is 11.9 Å². The number of amides is 1. The summed E-state index contributed by atoms with van der Waals surface area (Å²) < 4.78 is 28.4. The number of carbonyl (C=O) groups is 1. The minimum atomic E-state index is -2.99. The highest BCUT2D eigenvalue weighted by Crippen LogP contribution is 2.29. The van der Waals surface area contributed by atoms with Crippen LogP contribution in [0.4, 0.5) is 14.5 Å². The maximum Gasteiger partial charge on any atom is 0.387 e. The van der Waals surface area contributed by atoms with Crippen molar-refractivity contribution >= 4 is 23.2 Å². The number of alkyl halides is 2. The number of hydrogen-bond acceptors (Lipinski definition) is 3. The second kappa shape index (κ2) is 6.36. The fraction of sp³-hybridized carbons (Fsp3) is 0.0769. The number of aromatic nitrogens is 1. The summed E-state index contributed by atoms with van der Waals surface area (Å²) in [6, 6.07) is 6.62. The van der Waals surface area contributed by atoms with E-state index in [9.17, 15) is 18.4 Å². The van der Waals surface area contributed by atoms with E-state index in [1.54, 1.807) is 0 Å². The summed E-state index contributed by atoms with van der Waals surface area (Å²) in [4.78, 5) is 25.7. The lowest BCUT2D eigenvalue weighted by atomic mass is 10.2. The lowest BCUT2D eigenvalue weighted by Crippen LogP contribution is -2.22. The molecule has 1 heterocycles. The van der Waals surface area contributed by atoms with Crippen LogP contribution in [0.25, 0.3) is 0 Å². The lowest BCUT2D eigenvalue weighted by molar-refractivity contribution is -0.0497. The van der Waals surface area contributed by atoms with Crippen LogP contribution >= 0.6 is 11.6 Å². The number of carbonyl (C=O) groups excluding carboxylic acids is 1. The number of ether oxygens (including phenoxy) is 1. The normalized spacial score (nSPS) is 10.5. The van der Waals surface area contributed by atoms with E-state index in [0.717, 1.165) is 0 Å². The van der Waals surface area contributed by atoms with E-state index in [1.165, 1.54) is 36.5 Å². The number of anilines is 1. The highest BCUT2D eigenvalue weighted by molar-refractivity contribution is 6.32. The Balaban J connectivity index is 2.17. The fourth-order valence-corrected chi connectivity index (χ4v) is 1.79. The number of halogens is 3. The Morgan fingerprint density at radius 2 is 2.10 bits per heavy atom. The molecule has 110 valence electrons. The van der Waals surface area contributed by atoms with E-state index in [-0.39, 0.29) is 22.0 Å². The molecule has 0 bridgehead atoms. The molecule has 0 aliphatic heterocycles. The van der Waals surface area contributed by atoms with Gasteiger partial charge in [-0.25, -0.2) is 0 Å². The summed E-state index contributed by atoms with van der Waals surface area (Å²) >= 11 is 5.76. The molecular weight excluding hydrogens is 306 g/mol. The number of nitrogens with one attached hydrogen (secondary N) is 2. The molecular formula is C13H9ClF2N2O3. The largest absolute Gasteiger partial charge is 0.433 e. The topological polar surface area (TPSA) is 71.2 Å². The smallest absolute Gasteiger partial charge is 0.387 e. The van der Waals surface area contributed by atoms with Gasteiger partial charge in [-0.05, 0) is 30.3 Å². The van der Waals surface area contributed by atoms with Crippen molar-refractivity contribution in [3.8, 4) is 5.75 Å². The third kappa shape index (κ3) is 3.79. The lowest BCUT2D eigenvalue weighted by Gasteiger charge is -2.09. The van der Waals surface area contributed by atoms with Gasteiger partial charge >= 0.3 is 6.61 Å². The fourth-order valence-electron chi connectivity index (χ4n) is 1.57.